The van der Waals surface area contributed by atoms with Crippen molar-refractivity contribution in [2.75, 3.05) is 44.7 Å². The fourth-order valence-electron chi connectivity index (χ4n) is 3.50. The minimum absolute atomic E-state index is 0.0572. The number of rotatable bonds is 3. The van der Waals surface area contributed by atoms with Gasteiger partial charge in [-0.25, -0.2) is 8.42 Å². The fraction of sp³-hybridized carbons (Fsp3) is 0.529. The van der Waals surface area contributed by atoms with Gasteiger partial charge < -0.3 is 19.7 Å². The van der Waals surface area contributed by atoms with Crippen LogP contribution in [0.25, 0.3) is 0 Å². The number of anilines is 1. The molecule has 4 rings (SSSR count). The molecule has 1 aromatic carbocycles. The number of benzene rings is 1. The SMILES string of the molecule is O=C1COc2ccc(S(=O)(=O)N3CCN(C(=O)[C@H]4CCCO4)CC3)cc2N1. The molecule has 0 aromatic heterocycles. The first-order chi connectivity index (χ1) is 12.9. The molecule has 1 aromatic rings. The maximum absolute atomic E-state index is 12.9. The topological polar surface area (TPSA) is 105 Å². The number of sulfonamides is 1. The van der Waals surface area contributed by atoms with Gasteiger partial charge in [0.25, 0.3) is 11.8 Å². The number of amides is 2. The van der Waals surface area contributed by atoms with Crippen molar-refractivity contribution in [2.45, 2.75) is 23.8 Å². The highest BCUT2D eigenvalue weighted by Crippen LogP contribution is 2.31. The van der Waals surface area contributed by atoms with Gasteiger partial charge in [-0.1, -0.05) is 0 Å². The minimum atomic E-state index is -3.72. The zero-order valence-electron chi connectivity index (χ0n) is 14.7. The molecule has 2 amide bonds. The summed E-state index contributed by atoms with van der Waals surface area (Å²) in [5.41, 5.74) is 0.347. The average Bonchev–Trinajstić information content (AvgIpc) is 3.21. The van der Waals surface area contributed by atoms with Crippen molar-refractivity contribution in [3.05, 3.63) is 18.2 Å². The van der Waals surface area contributed by atoms with Crippen molar-refractivity contribution in [1.29, 1.82) is 0 Å². The van der Waals surface area contributed by atoms with Crippen LogP contribution in [0, 0.1) is 0 Å². The number of nitrogens with one attached hydrogen (secondary N) is 1. The highest BCUT2D eigenvalue weighted by Gasteiger charge is 2.34. The van der Waals surface area contributed by atoms with E-state index in [1.165, 1.54) is 16.4 Å². The Balaban J connectivity index is 1.45. The molecular weight excluding hydrogens is 374 g/mol. The zero-order valence-corrected chi connectivity index (χ0v) is 15.5. The Kier molecular flexibility index (Phi) is 4.79. The molecule has 10 heteroatoms. The molecule has 0 aliphatic carbocycles. The number of fused-ring (bicyclic) bond motifs is 1. The van der Waals surface area contributed by atoms with Crippen LogP contribution in [-0.2, 0) is 24.3 Å². The third kappa shape index (κ3) is 3.52. The van der Waals surface area contributed by atoms with E-state index in [-0.39, 0.29) is 36.4 Å². The Morgan fingerprint density at radius 1 is 1.19 bits per heavy atom. The van der Waals surface area contributed by atoms with Gasteiger partial charge in [-0.05, 0) is 31.0 Å². The van der Waals surface area contributed by atoms with Crippen molar-refractivity contribution in [1.82, 2.24) is 9.21 Å². The van der Waals surface area contributed by atoms with Crippen LogP contribution in [0.1, 0.15) is 12.8 Å². The standard InChI is InChI=1S/C17H21N3O6S/c21-16-11-26-14-4-3-12(10-13(14)18-16)27(23,24)20-7-5-19(6-8-20)17(22)15-2-1-9-25-15/h3-4,10,15H,1-2,5-9,11H2,(H,18,21)/t15-/m1/s1. The molecule has 0 spiro atoms. The molecule has 1 N–H and O–H groups in total. The van der Waals surface area contributed by atoms with Crippen LogP contribution in [-0.4, -0.2) is 74.9 Å². The summed E-state index contributed by atoms with van der Waals surface area (Å²) in [6, 6.07) is 4.42. The van der Waals surface area contributed by atoms with Crippen LogP contribution >= 0.6 is 0 Å². The number of hydrogen-bond donors (Lipinski definition) is 1. The van der Waals surface area contributed by atoms with E-state index in [0.717, 1.165) is 12.8 Å². The van der Waals surface area contributed by atoms with E-state index in [1.807, 2.05) is 0 Å². The number of ether oxygens (including phenoxy) is 2. The van der Waals surface area contributed by atoms with Gasteiger partial charge in [0.05, 0.1) is 10.6 Å². The van der Waals surface area contributed by atoms with Gasteiger partial charge in [0.1, 0.15) is 11.9 Å². The zero-order chi connectivity index (χ0) is 19.0. The Hall–Kier alpha value is -2.17. The van der Waals surface area contributed by atoms with Gasteiger partial charge in [0.15, 0.2) is 6.61 Å². The average molecular weight is 395 g/mol. The second kappa shape index (κ2) is 7.10. The summed E-state index contributed by atoms with van der Waals surface area (Å²) in [7, 11) is -3.72. The molecule has 27 heavy (non-hydrogen) atoms. The molecular formula is C17H21N3O6S. The van der Waals surface area contributed by atoms with E-state index in [2.05, 4.69) is 5.32 Å². The molecule has 0 saturated carbocycles. The van der Waals surface area contributed by atoms with Gasteiger partial charge in [0, 0.05) is 32.8 Å². The van der Waals surface area contributed by atoms with E-state index >= 15 is 0 Å². The normalized spacial score (nSPS) is 23.5. The van der Waals surface area contributed by atoms with E-state index in [4.69, 9.17) is 9.47 Å². The van der Waals surface area contributed by atoms with E-state index in [0.29, 0.717) is 31.1 Å². The van der Waals surface area contributed by atoms with E-state index < -0.39 is 16.1 Å². The van der Waals surface area contributed by atoms with Gasteiger partial charge in [0.2, 0.25) is 10.0 Å². The van der Waals surface area contributed by atoms with Gasteiger partial charge in [-0.2, -0.15) is 4.31 Å². The van der Waals surface area contributed by atoms with E-state index in [9.17, 15) is 18.0 Å². The monoisotopic (exact) mass is 395 g/mol. The second-order valence-corrected chi connectivity index (χ2v) is 8.66. The third-order valence-electron chi connectivity index (χ3n) is 4.98. The molecule has 9 nitrogen and oxygen atoms in total. The van der Waals surface area contributed by atoms with Gasteiger partial charge in [-0.15, -0.1) is 0 Å². The molecule has 0 unspecified atom stereocenters. The predicted octanol–water partition coefficient (Wildman–Crippen LogP) is 0.0294. The molecule has 3 aliphatic heterocycles. The summed E-state index contributed by atoms with van der Waals surface area (Å²) in [6.07, 6.45) is 1.21. The van der Waals surface area contributed by atoms with Crippen LogP contribution in [0.4, 0.5) is 5.69 Å². The van der Waals surface area contributed by atoms with Crippen LogP contribution in [0.15, 0.2) is 23.1 Å². The van der Waals surface area contributed by atoms with Gasteiger partial charge in [-0.3, -0.25) is 9.59 Å². The summed E-state index contributed by atoms with van der Waals surface area (Å²) in [6.45, 7) is 1.63. The highest BCUT2D eigenvalue weighted by atomic mass is 32.2. The van der Waals surface area contributed by atoms with Crippen molar-refractivity contribution in [3.8, 4) is 5.75 Å². The molecule has 0 bridgehead atoms. The largest absolute Gasteiger partial charge is 0.482 e. The molecule has 2 fully saturated rings. The number of carbonyl (C=O) groups excluding carboxylic acids is 2. The maximum Gasteiger partial charge on any atom is 0.262 e. The highest BCUT2D eigenvalue weighted by molar-refractivity contribution is 7.89. The van der Waals surface area contributed by atoms with Crippen LogP contribution < -0.4 is 10.1 Å². The van der Waals surface area contributed by atoms with Crippen molar-refractivity contribution >= 4 is 27.5 Å². The molecule has 1 atom stereocenters. The number of piperazine rings is 1. The maximum atomic E-state index is 12.9. The number of carbonyl (C=O) groups is 2. The smallest absolute Gasteiger partial charge is 0.262 e. The molecule has 2 saturated heterocycles. The number of hydrogen-bond acceptors (Lipinski definition) is 6. The number of nitrogens with zero attached hydrogens (tertiary/aromatic N) is 2. The summed E-state index contributed by atoms with van der Waals surface area (Å²) in [5, 5.41) is 2.61. The minimum Gasteiger partial charge on any atom is -0.482 e. The Bertz CT molecular complexity index is 857. The van der Waals surface area contributed by atoms with Gasteiger partial charge >= 0.3 is 0 Å². The summed E-state index contributed by atoms with van der Waals surface area (Å²) < 4.78 is 37.9. The van der Waals surface area contributed by atoms with Crippen molar-refractivity contribution in [3.63, 3.8) is 0 Å². The van der Waals surface area contributed by atoms with Crippen LogP contribution in [0.3, 0.4) is 0 Å². The Labute approximate surface area is 157 Å². The van der Waals surface area contributed by atoms with Crippen molar-refractivity contribution < 1.29 is 27.5 Å². The molecule has 3 aliphatic rings. The van der Waals surface area contributed by atoms with Crippen LogP contribution in [0.5, 0.6) is 5.75 Å². The third-order valence-corrected chi connectivity index (χ3v) is 6.87. The first-order valence-electron chi connectivity index (χ1n) is 8.92. The van der Waals surface area contributed by atoms with Crippen molar-refractivity contribution in [2.24, 2.45) is 0 Å². The predicted molar refractivity (Wildman–Crippen MR) is 94.9 cm³/mol. The second-order valence-electron chi connectivity index (χ2n) is 6.73. The molecule has 0 radical (unpaired) electrons. The molecule has 146 valence electrons. The lowest BCUT2D eigenvalue weighted by Crippen LogP contribution is -2.52. The fourth-order valence-corrected chi connectivity index (χ4v) is 4.95. The lowest BCUT2D eigenvalue weighted by atomic mass is 10.2. The summed E-state index contributed by atoms with van der Waals surface area (Å²) in [5.74, 6) is 0.0667. The van der Waals surface area contributed by atoms with E-state index in [1.54, 1.807) is 11.0 Å². The molecule has 3 heterocycles. The quantitative estimate of drug-likeness (QED) is 0.774. The Morgan fingerprint density at radius 2 is 1.96 bits per heavy atom. The lowest BCUT2D eigenvalue weighted by Gasteiger charge is -2.35. The summed E-state index contributed by atoms with van der Waals surface area (Å²) in [4.78, 5) is 25.6. The first kappa shape index (κ1) is 18.2. The Morgan fingerprint density at radius 3 is 2.67 bits per heavy atom. The van der Waals surface area contributed by atoms with Crippen LogP contribution in [0.2, 0.25) is 0 Å². The first-order valence-corrected chi connectivity index (χ1v) is 10.4. The lowest BCUT2D eigenvalue weighted by molar-refractivity contribution is -0.142. The summed E-state index contributed by atoms with van der Waals surface area (Å²) >= 11 is 0.